The number of carboxylic acids is 1. The molecule has 11 heteroatoms. The van der Waals surface area contributed by atoms with Gasteiger partial charge in [-0.1, -0.05) is 36.0 Å². The third-order valence-corrected chi connectivity index (χ3v) is 7.89. The number of aliphatic carboxylic acids is 1. The summed E-state index contributed by atoms with van der Waals surface area (Å²) in [6.07, 6.45) is 0. The van der Waals surface area contributed by atoms with Crippen LogP contribution in [0, 0.1) is 5.82 Å². The van der Waals surface area contributed by atoms with E-state index in [4.69, 9.17) is 0 Å². The molecule has 0 bridgehead atoms. The van der Waals surface area contributed by atoms with Crippen molar-refractivity contribution in [3.05, 3.63) is 53.2 Å². The SMILES string of the molecule is C[C@H](C(=O)O)n1c(SCC(=O)N2CCS[C@H]2c2ccccc2F)nnc1-c1cccs1. The van der Waals surface area contributed by atoms with E-state index in [9.17, 15) is 19.1 Å². The minimum absolute atomic E-state index is 0.0560. The van der Waals surface area contributed by atoms with Gasteiger partial charge in [-0.15, -0.1) is 33.3 Å². The number of hydrogen-bond acceptors (Lipinski definition) is 7. The number of carbonyl (C=O) groups excluding carboxylic acids is 1. The van der Waals surface area contributed by atoms with Gasteiger partial charge in [0.1, 0.15) is 17.2 Å². The number of carbonyl (C=O) groups is 2. The van der Waals surface area contributed by atoms with Crippen molar-refractivity contribution in [1.29, 1.82) is 0 Å². The average molecular weight is 479 g/mol. The molecule has 0 unspecified atom stereocenters. The number of nitrogens with zero attached hydrogens (tertiary/aromatic N) is 4. The molecule has 1 aliphatic heterocycles. The Hall–Kier alpha value is -2.37. The van der Waals surface area contributed by atoms with Gasteiger partial charge in [0.05, 0.1) is 10.6 Å². The fraction of sp³-hybridized carbons (Fsp3) is 0.300. The van der Waals surface area contributed by atoms with Crippen molar-refractivity contribution in [2.75, 3.05) is 18.1 Å². The van der Waals surface area contributed by atoms with E-state index in [1.165, 1.54) is 29.2 Å². The molecule has 1 amide bonds. The first-order chi connectivity index (χ1) is 15.0. The highest BCUT2D eigenvalue weighted by molar-refractivity contribution is 8.00. The number of benzene rings is 1. The van der Waals surface area contributed by atoms with Gasteiger partial charge in [0.2, 0.25) is 5.91 Å². The Kier molecular flexibility index (Phi) is 6.63. The summed E-state index contributed by atoms with van der Waals surface area (Å²) in [7, 11) is 0. The first-order valence-corrected chi connectivity index (χ1v) is 12.4. The molecule has 1 saturated heterocycles. The van der Waals surface area contributed by atoms with Gasteiger partial charge in [0, 0.05) is 17.9 Å². The summed E-state index contributed by atoms with van der Waals surface area (Å²) in [6, 6.07) is 9.29. The fourth-order valence-electron chi connectivity index (χ4n) is 3.28. The molecule has 4 rings (SSSR count). The summed E-state index contributed by atoms with van der Waals surface area (Å²) < 4.78 is 15.8. The minimum Gasteiger partial charge on any atom is -0.480 e. The zero-order valence-corrected chi connectivity index (χ0v) is 18.9. The highest BCUT2D eigenvalue weighted by atomic mass is 32.2. The summed E-state index contributed by atoms with van der Waals surface area (Å²) >= 11 is 4.11. The molecule has 162 valence electrons. The van der Waals surface area contributed by atoms with Crippen LogP contribution in [0.5, 0.6) is 0 Å². The van der Waals surface area contributed by atoms with Crippen molar-refractivity contribution in [2.24, 2.45) is 0 Å². The van der Waals surface area contributed by atoms with Gasteiger partial charge in [0.15, 0.2) is 11.0 Å². The van der Waals surface area contributed by atoms with Gasteiger partial charge < -0.3 is 10.0 Å². The van der Waals surface area contributed by atoms with Crippen LogP contribution in [-0.2, 0) is 9.59 Å². The largest absolute Gasteiger partial charge is 0.480 e. The fourth-order valence-corrected chi connectivity index (χ4v) is 6.18. The van der Waals surface area contributed by atoms with E-state index < -0.39 is 12.0 Å². The van der Waals surface area contributed by atoms with Crippen molar-refractivity contribution in [3.8, 4) is 10.7 Å². The molecule has 2 aromatic heterocycles. The van der Waals surface area contributed by atoms with Crippen molar-refractivity contribution in [2.45, 2.75) is 23.5 Å². The summed E-state index contributed by atoms with van der Waals surface area (Å²) in [4.78, 5) is 27.1. The van der Waals surface area contributed by atoms with Gasteiger partial charge in [0.25, 0.3) is 0 Å². The molecule has 2 atom stereocenters. The normalized spacial score (nSPS) is 17.1. The number of carboxylic acid groups (broad SMARTS) is 1. The van der Waals surface area contributed by atoms with Crippen LogP contribution in [0.3, 0.4) is 0 Å². The van der Waals surface area contributed by atoms with E-state index in [0.717, 1.165) is 22.4 Å². The summed E-state index contributed by atoms with van der Waals surface area (Å²) in [5, 5.41) is 19.7. The monoisotopic (exact) mass is 478 g/mol. The zero-order valence-electron chi connectivity index (χ0n) is 16.5. The van der Waals surface area contributed by atoms with E-state index in [1.807, 2.05) is 17.5 Å². The van der Waals surface area contributed by atoms with Crippen LogP contribution in [0.4, 0.5) is 4.39 Å². The number of rotatable bonds is 7. The maximum Gasteiger partial charge on any atom is 0.326 e. The van der Waals surface area contributed by atoms with E-state index in [0.29, 0.717) is 23.1 Å². The molecule has 0 radical (unpaired) electrons. The highest BCUT2D eigenvalue weighted by Crippen LogP contribution is 2.39. The molecule has 1 aromatic carbocycles. The van der Waals surface area contributed by atoms with Gasteiger partial charge in [-0.3, -0.25) is 9.36 Å². The third kappa shape index (κ3) is 4.48. The molecule has 1 fully saturated rings. The number of thiophene rings is 1. The Morgan fingerprint density at radius 3 is 2.81 bits per heavy atom. The molecule has 0 spiro atoms. The lowest BCUT2D eigenvalue weighted by molar-refractivity contribution is -0.140. The smallest absolute Gasteiger partial charge is 0.326 e. The molecule has 1 N–H and O–H groups in total. The molecular weight excluding hydrogens is 459 g/mol. The van der Waals surface area contributed by atoms with Crippen LogP contribution in [0.25, 0.3) is 10.7 Å². The third-order valence-electron chi connectivity index (χ3n) is 4.86. The van der Waals surface area contributed by atoms with Crippen molar-refractivity contribution in [3.63, 3.8) is 0 Å². The number of aromatic nitrogens is 3. The molecule has 31 heavy (non-hydrogen) atoms. The van der Waals surface area contributed by atoms with Crippen LogP contribution in [0.15, 0.2) is 46.9 Å². The summed E-state index contributed by atoms with van der Waals surface area (Å²) in [6.45, 7) is 2.09. The molecule has 3 aromatic rings. The topological polar surface area (TPSA) is 88.3 Å². The van der Waals surface area contributed by atoms with E-state index >= 15 is 0 Å². The van der Waals surface area contributed by atoms with Gasteiger partial charge in [-0.05, 0) is 24.4 Å². The second-order valence-electron chi connectivity index (χ2n) is 6.79. The van der Waals surface area contributed by atoms with Crippen LogP contribution in [-0.4, -0.2) is 54.7 Å². The predicted octanol–water partition coefficient (Wildman–Crippen LogP) is 4.16. The first kappa shape index (κ1) is 21.8. The highest BCUT2D eigenvalue weighted by Gasteiger charge is 2.33. The Labute approximate surface area is 190 Å². The van der Waals surface area contributed by atoms with Crippen molar-refractivity contribution < 1.29 is 19.1 Å². The summed E-state index contributed by atoms with van der Waals surface area (Å²) in [5.41, 5.74) is 0.492. The second kappa shape index (κ2) is 9.41. The number of hydrogen-bond donors (Lipinski definition) is 1. The lowest BCUT2D eigenvalue weighted by atomic mass is 10.2. The van der Waals surface area contributed by atoms with Crippen LogP contribution >= 0.6 is 34.9 Å². The molecule has 1 aliphatic rings. The quantitative estimate of drug-likeness (QED) is 0.510. The Bertz CT molecular complexity index is 1090. The standard InChI is InChI=1S/C20H19FN4O3S3/c1-12(19(27)28)25-17(15-7-4-9-29-15)22-23-20(25)31-11-16(26)24-8-10-30-18(24)13-5-2-3-6-14(13)21/h2-7,9,12,18H,8,10-11H2,1H3,(H,27,28)/t12-,18+/m1/s1. The zero-order chi connectivity index (χ0) is 22.0. The maximum absolute atomic E-state index is 14.3. The van der Waals surface area contributed by atoms with E-state index in [2.05, 4.69) is 10.2 Å². The van der Waals surface area contributed by atoms with Gasteiger partial charge in [-0.25, -0.2) is 9.18 Å². The molecule has 0 saturated carbocycles. The van der Waals surface area contributed by atoms with Crippen molar-refractivity contribution >= 4 is 46.7 Å². The number of thioether (sulfide) groups is 2. The van der Waals surface area contributed by atoms with Crippen molar-refractivity contribution in [1.82, 2.24) is 19.7 Å². The number of halogens is 1. The lowest BCUT2D eigenvalue weighted by Gasteiger charge is -2.24. The number of amides is 1. The van der Waals surface area contributed by atoms with Crippen LogP contribution < -0.4 is 0 Å². The van der Waals surface area contributed by atoms with Crippen LogP contribution in [0.2, 0.25) is 0 Å². The predicted molar refractivity (Wildman–Crippen MR) is 120 cm³/mol. The minimum atomic E-state index is -1.01. The van der Waals surface area contributed by atoms with E-state index in [-0.39, 0.29) is 22.9 Å². The Morgan fingerprint density at radius 1 is 1.29 bits per heavy atom. The first-order valence-electron chi connectivity index (χ1n) is 9.47. The van der Waals surface area contributed by atoms with E-state index in [1.54, 1.807) is 34.6 Å². The summed E-state index contributed by atoms with van der Waals surface area (Å²) in [5.74, 6) is -0.256. The molecular formula is C20H19FN4O3S3. The molecule has 3 heterocycles. The molecule has 0 aliphatic carbocycles. The van der Waals surface area contributed by atoms with Crippen LogP contribution in [0.1, 0.15) is 23.9 Å². The lowest BCUT2D eigenvalue weighted by Crippen LogP contribution is -2.32. The van der Waals surface area contributed by atoms with Gasteiger partial charge >= 0.3 is 5.97 Å². The molecule has 7 nitrogen and oxygen atoms in total. The second-order valence-corrected chi connectivity index (χ2v) is 9.87. The maximum atomic E-state index is 14.3. The average Bonchev–Trinajstić information content (AvgIpc) is 3.51. The Morgan fingerprint density at radius 2 is 2.10 bits per heavy atom. The van der Waals surface area contributed by atoms with Gasteiger partial charge in [-0.2, -0.15) is 0 Å². The Balaban J connectivity index is 1.53.